The number of nitrogens with zero attached hydrogens (tertiary/aromatic N) is 1. The summed E-state index contributed by atoms with van der Waals surface area (Å²) in [6, 6.07) is 8.41. The van der Waals surface area contributed by atoms with E-state index in [9.17, 15) is 0 Å². The van der Waals surface area contributed by atoms with Crippen molar-refractivity contribution in [1.82, 2.24) is 4.98 Å². The fourth-order valence-corrected chi connectivity index (χ4v) is 2.35. The molecule has 2 rings (SSSR count). The Kier molecular flexibility index (Phi) is 3.80. The summed E-state index contributed by atoms with van der Waals surface area (Å²) >= 11 is 1.83. The van der Waals surface area contributed by atoms with E-state index >= 15 is 0 Å². The number of thioether (sulfide) groups is 1. The van der Waals surface area contributed by atoms with Gasteiger partial charge in [-0.1, -0.05) is 18.2 Å². The summed E-state index contributed by atoms with van der Waals surface area (Å²) in [5.74, 6) is 1.10. The highest BCUT2D eigenvalue weighted by molar-refractivity contribution is 7.98. The van der Waals surface area contributed by atoms with Crippen LogP contribution in [0.1, 0.15) is 18.0 Å². The van der Waals surface area contributed by atoms with Crippen molar-refractivity contribution < 1.29 is 0 Å². The van der Waals surface area contributed by atoms with Crippen molar-refractivity contribution in [3.63, 3.8) is 0 Å². The van der Waals surface area contributed by atoms with Gasteiger partial charge in [0, 0.05) is 23.8 Å². The van der Waals surface area contributed by atoms with Crippen LogP contribution in [0.4, 0.5) is 0 Å². The highest BCUT2D eigenvalue weighted by Crippen LogP contribution is 2.24. The molecule has 16 heavy (non-hydrogen) atoms. The molecular weight excluding hydrogens is 216 g/mol. The molecule has 2 nitrogen and oxygen atoms in total. The first-order valence-corrected chi connectivity index (χ1v) is 6.79. The number of hydrogen-bond acceptors (Lipinski definition) is 3. The van der Waals surface area contributed by atoms with E-state index in [1.54, 1.807) is 0 Å². The zero-order chi connectivity index (χ0) is 11.4. The Morgan fingerprint density at radius 2 is 2.25 bits per heavy atom. The Morgan fingerprint density at radius 3 is 3.06 bits per heavy atom. The number of pyridine rings is 1. The summed E-state index contributed by atoms with van der Waals surface area (Å²) < 4.78 is 0. The van der Waals surface area contributed by atoms with Gasteiger partial charge in [-0.3, -0.25) is 4.98 Å². The summed E-state index contributed by atoms with van der Waals surface area (Å²) in [7, 11) is 0. The normalized spacial score (nSPS) is 12.9. The summed E-state index contributed by atoms with van der Waals surface area (Å²) in [5.41, 5.74) is 7.41. The topological polar surface area (TPSA) is 38.9 Å². The zero-order valence-corrected chi connectivity index (χ0v) is 10.2. The third kappa shape index (κ3) is 2.36. The average Bonchev–Trinajstić information content (AvgIpc) is 2.35. The molecule has 1 atom stereocenters. The predicted molar refractivity (Wildman–Crippen MR) is 71.7 cm³/mol. The van der Waals surface area contributed by atoms with E-state index in [-0.39, 0.29) is 6.04 Å². The van der Waals surface area contributed by atoms with Crippen molar-refractivity contribution in [3.05, 3.63) is 42.2 Å². The third-order valence-electron chi connectivity index (χ3n) is 2.75. The molecule has 0 aliphatic heterocycles. The third-order valence-corrected chi connectivity index (χ3v) is 3.39. The Hall–Kier alpha value is -1.06. The highest BCUT2D eigenvalue weighted by Gasteiger charge is 2.08. The van der Waals surface area contributed by atoms with E-state index in [1.807, 2.05) is 30.2 Å². The van der Waals surface area contributed by atoms with Crippen LogP contribution in [0.25, 0.3) is 10.8 Å². The van der Waals surface area contributed by atoms with Crippen LogP contribution in [0.3, 0.4) is 0 Å². The number of hydrogen-bond donors (Lipinski definition) is 1. The molecule has 2 aromatic rings. The van der Waals surface area contributed by atoms with Crippen LogP contribution >= 0.6 is 11.8 Å². The Bertz CT molecular complexity index is 465. The molecule has 1 heterocycles. The summed E-state index contributed by atoms with van der Waals surface area (Å²) in [4.78, 5) is 4.18. The molecule has 0 fully saturated rings. The van der Waals surface area contributed by atoms with Crippen LogP contribution in [0.15, 0.2) is 36.7 Å². The summed E-state index contributed by atoms with van der Waals surface area (Å²) in [6.45, 7) is 0. The molecule has 2 N–H and O–H groups in total. The lowest BCUT2D eigenvalue weighted by atomic mass is 9.99. The van der Waals surface area contributed by atoms with Gasteiger partial charge < -0.3 is 5.73 Å². The maximum absolute atomic E-state index is 6.21. The standard InChI is InChI=1S/C13H16N2S/c1-16-8-6-13(14)11-4-2-3-10-5-7-15-9-12(10)11/h2-5,7,9,13H,6,8,14H2,1H3. The van der Waals surface area contributed by atoms with Crippen LogP contribution in [0, 0.1) is 0 Å². The molecule has 1 aromatic carbocycles. The molecule has 0 spiro atoms. The maximum atomic E-state index is 6.21. The minimum absolute atomic E-state index is 0.111. The lowest BCUT2D eigenvalue weighted by Gasteiger charge is -2.13. The Labute approximate surface area is 100 Å². The fraction of sp³-hybridized carbons (Fsp3) is 0.308. The molecule has 0 radical (unpaired) electrons. The molecule has 3 heteroatoms. The van der Waals surface area contributed by atoms with Crippen LogP contribution in [0.2, 0.25) is 0 Å². The molecule has 0 saturated heterocycles. The number of nitrogens with two attached hydrogens (primary N) is 1. The van der Waals surface area contributed by atoms with Gasteiger partial charge >= 0.3 is 0 Å². The molecule has 84 valence electrons. The van der Waals surface area contributed by atoms with Gasteiger partial charge in [0.2, 0.25) is 0 Å². The molecule has 0 aliphatic rings. The second kappa shape index (κ2) is 5.32. The van der Waals surface area contributed by atoms with E-state index in [2.05, 4.69) is 29.4 Å². The maximum Gasteiger partial charge on any atom is 0.0349 e. The zero-order valence-electron chi connectivity index (χ0n) is 9.39. The van der Waals surface area contributed by atoms with Crippen molar-refractivity contribution >= 4 is 22.5 Å². The van der Waals surface area contributed by atoms with E-state index in [0.29, 0.717) is 0 Å². The van der Waals surface area contributed by atoms with Gasteiger partial charge in [-0.2, -0.15) is 11.8 Å². The lowest BCUT2D eigenvalue weighted by Crippen LogP contribution is -2.11. The molecule has 0 bridgehead atoms. The molecule has 1 unspecified atom stereocenters. The van der Waals surface area contributed by atoms with Crippen LogP contribution in [-0.2, 0) is 0 Å². The van der Waals surface area contributed by atoms with E-state index < -0.39 is 0 Å². The molecule has 0 saturated carbocycles. The van der Waals surface area contributed by atoms with Crippen molar-refractivity contribution in [3.8, 4) is 0 Å². The first-order chi connectivity index (χ1) is 7.83. The van der Waals surface area contributed by atoms with Gasteiger partial charge in [0.25, 0.3) is 0 Å². The first kappa shape index (κ1) is 11.4. The van der Waals surface area contributed by atoms with E-state index in [0.717, 1.165) is 12.2 Å². The monoisotopic (exact) mass is 232 g/mol. The number of rotatable bonds is 4. The Morgan fingerprint density at radius 1 is 1.38 bits per heavy atom. The van der Waals surface area contributed by atoms with E-state index in [1.165, 1.54) is 16.3 Å². The SMILES string of the molecule is CSCCC(N)c1cccc2ccncc12. The molecule has 0 aliphatic carbocycles. The van der Waals surface area contributed by atoms with Gasteiger partial charge in [0.05, 0.1) is 0 Å². The van der Waals surface area contributed by atoms with E-state index in [4.69, 9.17) is 5.73 Å². The van der Waals surface area contributed by atoms with Crippen molar-refractivity contribution in [1.29, 1.82) is 0 Å². The van der Waals surface area contributed by atoms with Gasteiger partial charge in [-0.25, -0.2) is 0 Å². The smallest absolute Gasteiger partial charge is 0.0349 e. The minimum Gasteiger partial charge on any atom is -0.324 e. The predicted octanol–water partition coefficient (Wildman–Crippen LogP) is 2.99. The minimum atomic E-state index is 0.111. The highest BCUT2D eigenvalue weighted by atomic mass is 32.2. The first-order valence-electron chi connectivity index (χ1n) is 5.40. The van der Waals surface area contributed by atoms with Gasteiger partial charge in [0.1, 0.15) is 0 Å². The number of fused-ring (bicyclic) bond motifs is 1. The van der Waals surface area contributed by atoms with Crippen molar-refractivity contribution in [2.45, 2.75) is 12.5 Å². The van der Waals surface area contributed by atoms with Crippen LogP contribution in [0.5, 0.6) is 0 Å². The quantitative estimate of drug-likeness (QED) is 0.880. The largest absolute Gasteiger partial charge is 0.324 e. The number of aromatic nitrogens is 1. The average molecular weight is 232 g/mol. The summed E-state index contributed by atoms with van der Waals surface area (Å²) in [6.07, 6.45) is 6.84. The van der Waals surface area contributed by atoms with Gasteiger partial charge in [0.15, 0.2) is 0 Å². The summed E-state index contributed by atoms with van der Waals surface area (Å²) in [5, 5.41) is 2.39. The van der Waals surface area contributed by atoms with Crippen molar-refractivity contribution in [2.24, 2.45) is 5.73 Å². The molecule has 1 aromatic heterocycles. The number of benzene rings is 1. The van der Waals surface area contributed by atoms with Gasteiger partial charge in [-0.05, 0) is 35.4 Å². The fourth-order valence-electron chi connectivity index (χ4n) is 1.86. The van der Waals surface area contributed by atoms with Gasteiger partial charge in [-0.15, -0.1) is 0 Å². The Balaban J connectivity index is 2.36. The van der Waals surface area contributed by atoms with Crippen LogP contribution < -0.4 is 5.73 Å². The lowest BCUT2D eigenvalue weighted by molar-refractivity contribution is 0.711. The van der Waals surface area contributed by atoms with Crippen LogP contribution in [-0.4, -0.2) is 17.0 Å². The molecule has 0 amide bonds. The second-order valence-electron chi connectivity index (χ2n) is 3.83. The second-order valence-corrected chi connectivity index (χ2v) is 4.82. The van der Waals surface area contributed by atoms with Crippen molar-refractivity contribution in [2.75, 3.05) is 12.0 Å². The molecular formula is C13H16N2S.